The second-order valence-corrected chi connectivity index (χ2v) is 39.7. The summed E-state index contributed by atoms with van der Waals surface area (Å²) in [5.41, 5.74) is 16.4. The number of aromatic nitrogens is 12. The minimum absolute atomic E-state index is 0.557. The van der Waals surface area contributed by atoms with Crippen molar-refractivity contribution in [3.63, 3.8) is 0 Å². The Morgan fingerprint density at radius 2 is 0.480 bits per heavy atom. The van der Waals surface area contributed by atoms with E-state index in [4.69, 9.17) is 58.1 Å². The third-order valence-electron chi connectivity index (χ3n) is 29.3. The molecule has 0 spiro atoms. The molecule has 11 aromatic heterocycles. The molecule has 0 atom stereocenters. The highest BCUT2D eigenvalue weighted by atomic mass is 32.1. The summed E-state index contributed by atoms with van der Waals surface area (Å²) in [7, 11) is 0. The zero-order chi connectivity index (χ0) is 96.9. The number of nitrogens with zero attached hydrogens (tertiary/aromatic N) is 12. The van der Waals surface area contributed by atoms with Crippen LogP contribution in [-0.2, 0) is 0 Å². The van der Waals surface area contributed by atoms with Gasteiger partial charge in [-0.2, -0.15) is 29.9 Å². The number of hydrogen-bond donors (Lipinski definition) is 0. The topological polar surface area (TPSA) is 170 Å². The van der Waals surface area contributed by atoms with E-state index in [1.807, 2.05) is 108 Å². The highest BCUT2D eigenvalue weighted by Gasteiger charge is 2.29. The molecule has 15 nitrogen and oxygen atoms in total. The van der Waals surface area contributed by atoms with Gasteiger partial charge in [0.1, 0.15) is 33.5 Å². The summed E-state index contributed by atoms with van der Waals surface area (Å²) < 4.78 is 31.4. The highest BCUT2D eigenvalue weighted by Crippen LogP contribution is 2.51. The molecule has 0 bridgehead atoms. The molecule has 148 heavy (non-hydrogen) atoms. The van der Waals surface area contributed by atoms with E-state index in [0.29, 0.717) is 52.8 Å². The van der Waals surface area contributed by atoms with Gasteiger partial charge in [-0.3, -0.25) is 13.7 Å². The van der Waals surface area contributed by atoms with Gasteiger partial charge in [-0.1, -0.05) is 358 Å². The molecule has 688 valence electrons. The van der Waals surface area contributed by atoms with Crippen LogP contribution in [0.1, 0.15) is 0 Å². The zero-order valence-corrected chi connectivity index (χ0v) is 80.3. The van der Waals surface area contributed by atoms with E-state index >= 15 is 0 Å². The van der Waals surface area contributed by atoms with Crippen molar-refractivity contribution in [1.29, 1.82) is 0 Å². The maximum absolute atomic E-state index is 6.68. The minimum atomic E-state index is 0.557. The number of para-hydroxylation sites is 4. The lowest BCUT2D eigenvalue weighted by atomic mass is 10.0. The van der Waals surface area contributed by atoms with Gasteiger partial charge in [0.2, 0.25) is 17.8 Å². The lowest BCUT2D eigenvalue weighted by Gasteiger charge is -2.11. The molecule has 22 aromatic carbocycles. The van der Waals surface area contributed by atoms with Gasteiger partial charge in [0.25, 0.3) is 0 Å². The second-order valence-electron chi connectivity index (χ2n) is 37.6. The van der Waals surface area contributed by atoms with Crippen molar-refractivity contribution >= 4 is 248 Å². The van der Waals surface area contributed by atoms with Crippen molar-refractivity contribution in [3.05, 3.63) is 449 Å². The molecule has 0 unspecified atom stereocenters. The summed E-state index contributed by atoms with van der Waals surface area (Å²) in [6.45, 7) is 0. The van der Waals surface area contributed by atoms with Gasteiger partial charge in [-0.05, 0) is 145 Å². The first-order chi connectivity index (χ1) is 73.4. The van der Waals surface area contributed by atoms with E-state index < -0.39 is 0 Å². The van der Waals surface area contributed by atoms with Crippen LogP contribution in [0, 0.1) is 0 Å². The maximum atomic E-state index is 6.68. The Hall–Kier alpha value is -19.6. The fourth-order valence-electron chi connectivity index (χ4n) is 22.8. The van der Waals surface area contributed by atoms with Crippen molar-refractivity contribution in [2.45, 2.75) is 0 Å². The molecular weight excluding hydrogens is 1850 g/mol. The molecule has 33 aromatic rings. The van der Waals surface area contributed by atoms with E-state index in [-0.39, 0.29) is 0 Å². The van der Waals surface area contributed by atoms with Crippen LogP contribution in [0.4, 0.5) is 0 Å². The van der Waals surface area contributed by atoms with Crippen molar-refractivity contribution in [1.82, 2.24) is 58.6 Å². The maximum Gasteiger partial charge on any atom is 0.238 e. The first-order valence-electron chi connectivity index (χ1n) is 49.4. The lowest BCUT2D eigenvalue weighted by Crippen LogP contribution is -2.06. The molecule has 0 saturated carbocycles. The fraction of sp³-hybridized carbons (Fsp3) is 0. The number of hydrogen-bond acceptors (Lipinski definition) is 14. The van der Waals surface area contributed by atoms with Gasteiger partial charge in [-0.15, -0.1) is 22.7 Å². The van der Waals surface area contributed by atoms with Crippen molar-refractivity contribution in [3.8, 4) is 86.2 Å². The molecule has 0 radical (unpaired) electrons. The summed E-state index contributed by atoms with van der Waals surface area (Å²) in [6.07, 6.45) is 0. The number of rotatable bonds is 9. The first kappa shape index (κ1) is 83.1. The molecule has 33 rings (SSSR count). The minimum Gasteiger partial charge on any atom is -0.456 e. The third-order valence-corrected chi connectivity index (χ3v) is 31.8. The average molecular weight is 1930 g/mol. The molecule has 0 fully saturated rings. The molecule has 11 heterocycles. The molecule has 0 aliphatic carbocycles. The van der Waals surface area contributed by atoms with Crippen molar-refractivity contribution in [2.75, 3.05) is 0 Å². The van der Waals surface area contributed by atoms with Gasteiger partial charge in [-0.25, -0.2) is 15.0 Å². The standard InChI is InChI=1S/C47H26N4OS.C43H24N4OS.C41H24N4O/c1-2-13-29(14-3-1)45-48-46(35-19-10-18-34-40-30-15-6-4-12-28(30)22-26-38(40)52-43(34)35)50-47(49-45)51-36-24-21-27-11-5-7-16-31(27)41(36)42-37(51)25-23-33-32-17-8-9-20-39(32)53-44(33)42;1-2-12-26(13-3-1)41-44-42(32-18-10-17-31-37-27-14-5-4-11-25(27)21-24-35(37)48-39(31)32)46-43(45-41)47-33-19-8-6-16-30(33)38-34(47)23-22-29-28-15-7-9-20-36(28)49-40(29)38;1-2-12-27(13-3-1)39-42-40(28-18-21-32-36(24-28)46-35-23-20-26-11-5-7-15-30(26)38(32)35)44-41(43-39)45-33-17-9-8-16-31(33)37-29-14-6-4-10-25(29)19-22-34(37)45/h1-26H;1-24H;1-24H. The summed E-state index contributed by atoms with van der Waals surface area (Å²) >= 11 is 3.69. The molecule has 0 aliphatic rings. The summed E-state index contributed by atoms with van der Waals surface area (Å²) in [5, 5.41) is 30.5. The molecule has 0 saturated heterocycles. The predicted octanol–water partition coefficient (Wildman–Crippen LogP) is 35.1. The smallest absolute Gasteiger partial charge is 0.238 e. The quantitative estimate of drug-likeness (QED) is 0.134. The Bertz CT molecular complexity index is 11400. The molecule has 0 aliphatic heterocycles. The number of furan rings is 3. The van der Waals surface area contributed by atoms with Crippen LogP contribution in [0.25, 0.3) is 312 Å². The predicted molar refractivity (Wildman–Crippen MR) is 610 cm³/mol. The SMILES string of the molecule is c1ccc(-c2nc(-c3ccc4c(c3)oc3ccc5ccccc5c34)nc(-n3c4ccccc4c4c5ccccc5ccc43)n2)cc1.c1ccc(-c2nc(-c3cccc4c3oc3ccc5ccccc5c34)nc(-n3c4ccc5ccccc5c4c4c5sc6ccccc6c5ccc43)n2)cc1.c1ccc(-c2nc(-c3cccc4c3oc3ccc5ccccc5c34)nc(-n3c4ccccc4c4c5sc6ccccc6c5ccc43)n2)cc1. The number of fused-ring (bicyclic) bond motifs is 36. The molecule has 17 heteroatoms. The van der Waals surface area contributed by atoms with E-state index in [2.05, 4.69) is 378 Å². The average Bonchev–Trinajstić information content (AvgIpc) is 1.54. The summed E-state index contributed by atoms with van der Waals surface area (Å²) in [6, 6.07) is 156. The Balaban J connectivity index is 0.000000101. The van der Waals surface area contributed by atoms with E-state index in [1.54, 1.807) is 0 Å². The van der Waals surface area contributed by atoms with Crippen LogP contribution >= 0.6 is 22.7 Å². The summed E-state index contributed by atoms with van der Waals surface area (Å²) in [4.78, 5) is 46.6. The van der Waals surface area contributed by atoms with E-state index in [0.717, 1.165) is 148 Å². The molecule has 0 N–H and O–H groups in total. The normalized spacial score (nSPS) is 12.1. The van der Waals surface area contributed by atoms with Gasteiger partial charge < -0.3 is 13.3 Å². The van der Waals surface area contributed by atoms with Crippen LogP contribution < -0.4 is 0 Å². The zero-order valence-electron chi connectivity index (χ0n) is 78.6. The lowest BCUT2D eigenvalue weighted by molar-refractivity contribution is 0.669. The van der Waals surface area contributed by atoms with Crippen LogP contribution in [0.15, 0.2) is 462 Å². The van der Waals surface area contributed by atoms with Gasteiger partial charge in [0.05, 0.1) is 44.2 Å². The van der Waals surface area contributed by atoms with Crippen LogP contribution in [-0.4, -0.2) is 58.6 Å². The van der Waals surface area contributed by atoms with Crippen LogP contribution in [0.2, 0.25) is 0 Å². The van der Waals surface area contributed by atoms with Crippen LogP contribution in [0.5, 0.6) is 0 Å². The Morgan fingerprint density at radius 1 is 0.169 bits per heavy atom. The van der Waals surface area contributed by atoms with Crippen molar-refractivity contribution in [2.24, 2.45) is 0 Å². The van der Waals surface area contributed by atoms with E-state index in [9.17, 15) is 0 Å². The monoisotopic (exact) mass is 1930 g/mol. The Kier molecular flexibility index (Phi) is 18.5. The molecular formula is C131H74N12O3S2. The van der Waals surface area contributed by atoms with Crippen LogP contribution in [0.3, 0.4) is 0 Å². The van der Waals surface area contributed by atoms with Crippen molar-refractivity contribution < 1.29 is 13.3 Å². The highest BCUT2D eigenvalue weighted by molar-refractivity contribution is 7.27. The first-order valence-corrected chi connectivity index (χ1v) is 51.0. The Morgan fingerprint density at radius 3 is 0.946 bits per heavy atom. The van der Waals surface area contributed by atoms with Gasteiger partial charge in [0.15, 0.2) is 34.9 Å². The number of benzene rings is 22. The third kappa shape index (κ3) is 13.0. The molecule has 0 amide bonds. The summed E-state index contributed by atoms with van der Waals surface area (Å²) in [5.74, 6) is 5.22. The van der Waals surface area contributed by atoms with E-state index in [1.165, 1.54) is 110 Å². The van der Waals surface area contributed by atoms with Gasteiger partial charge >= 0.3 is 0 Å². The number of thiophene rings is 2. The fourth-order valence-corrected chi connectivity index (χ4v) is 25.3. The largest absolute Gasteiger partial charge is 0.456 e. The Labute approximate surface area is 848 Å². The van der Waals surface area contributed by atoms with Gasteiger partial charge in [0, 0.05) is 127 Å². The second kappa shape index (κ2) is 33.0.